The molecular weight excluding hydrogens is 256 g/mol. The summed E-state index contributed by atoms with van der Waals surface area (Å²) in [6.45, 7) is 1.69. The predicted molar refractivity (Wildman–Crippen MR) is 87.7 cm³/mol. The fourth-order valence-electron chi connectivity index (χ4n) is 3.57. The minimum Gasteiger partial charge on any atom is -0.295 e. The number of hydrogen-bond donors (Lipinski definition) is 0. The van der Waals surface area contributed by atoms with Crippen LogP contribution in [0.4, 0.5) is 0 Å². The molecule has 21 heavy (non-hydrogen) atoms. The van der Waals surface area contributed by atoms with Gasteiger partial charge in [0.25, 0.3) is 0 Å². The maximum absolute atomic E-state index is 12.1. The van der Waals surface area contributed by atoms with Gasteiger partial charge in [-0.05, 0) is 42.4 Å². The summed E-state index contributed by atoms with van der Waals surface area (Å²) in [5.41, 5.74) is 4.68. The highest BCUT2D eigenvalue weighted by Gasteiger charge is 2.23. The highest BCUT2D eigenvalue weighted by atomic mass is 16.1. The third-order valence-corrected chi connectivity index (χ3v) is 4.58. The molecule has 0 atom stereocenters. The van der Waals surface area contributed by atoms with E-state index < -0.39 is 0 Å². The largest absolute Gasteiger partial charge is 0.295 e. The van der Waals surface area contributed by atoms with E-state index in [-0.39, 0.29) is 5.78 Å². The van der Waals surface area contributed by atoms with Crippen LogP contribution in [0.5, 0.6) is 0 Å². The Morgan fingerprint density at radius 1 is 0.905 bits per heavy atom. The molecule has 0 unspecified atom stereocenters. The lowest BCUT2D eigenvalue weighted by molar-refractivity contribution is 0.101. The zero-order valence-electron chi connectivity index (χ0n) is 12.6. The van der Waals surface area contributed by atoms with E-state index in [1.807, 2.05) is 18.2 Å². The maximum atomic E-state index is 12.1. The van der Waals surface area contributed by atoms with Crippen LogP contribution in [0.15, 0.2) is 48.5 Å². The van der Waals surface area contributed by atoms with Crippen molar-refractivity contribution in [3.8, 4) is 11.1 Å². The van der Waals surface area contributed by atoms with Crippen molar-refractivity contribution in [2.75, 3.05) is 0 Å². The lowest BCUT2D eigenvalue weighted by Gasteiger charge is -2.26. The highest BCUT2D eigenvalue weighted by Crippen LogP contribution is 2.40. The minimum absolute atomic E-state index is 0.188. The topological polar surface area (TPSA) is 17.1 Å². The first-order chi connectivity index (χ1) is 10.3. The molecule has 1 heteroatoms. The van der Waals surface area contributed by atoms with E-state index >= 15 is 0 Å². The van der Waals surface area contributed by atoms with Crippen LogP contribution in [0, 0.1) is 0 Å². The normalized spacial score (nSPS) is 15.9. The van der Waals surface area contributed by atoms with Crippen LogP contribution in [0.1, 0.15) is 60.9 Å². The van der Waals surface area contributed by atoms with Crippen molar-refractivity contribution in [1.29, 1.82) is 0 Å². The van der Waals surface area contributed by atoms with E-state index in [4.69, 9.17) is 0 Å². The SMILES string of the molecule is CC(=O)c1cccc(-c2ccccc2)c1C1CCCCC1. The predicted octanol–water partition coefficient (Wildman–Crippen LogP) is 5.60. The molecule has 0 aliphatic heterocycles. The van der Waals surface area contributed by atoms with Crippen molar-refractivity contribution in [2.24, 2.45) is 0 Å². The van der Waals surface area contributed by atoms with Crippen LogP contribution >= 0.6 is 0 Å². The Morgan fingerprint density at radius 2 is 1.62 bits per heavy atom. The lowest BCUT2D eigenvalue weighted by atomic mass is 9.78. The molecule has 1 fully saturated rings. The van der Waals surface area contributed by atoms with Crippen LogP contribution in [0.2, 0.25) is 0 Å². The zero-order valence-corrected chi connectivity index (χ0v) is 12.6. The molecule has 0 amide bonds. The molecule has 0 spiro atoms. The molecular formula is C20H22O. The Balaban J connectivity index is 2.15. The van der Waals surface area contributed by atoms with Gasteiger partial charge in [0, 0.05) is 5.56 Å². The van der Waals surface area contributed by atoms with Gasteiger partial charge in [-0.2, -0.15) is 0 Å². The monoisotopic (exact) mass is 278 g/mol. The molecule has 0 heterocycles. The van der Waals surface area contributed by atoms with Crippen molar-refractivity contribution in [3.05, 3.63) is 59.7 Å². The first kappa shape index (κ1) is 14.1. The lowest BCUT2D eigenvalue weighted by Crippen LogP contribution is -2.11. The summed E-state index contributed by atoms with van der Waals surface area (Å²) >= 11 is 0. The maximum Gasteiger partial charge on any atom is 0.160 e. The second-order valence-electron chi connectivity index (χ2n) is 6.02. The average Bonchev–Trinajstić information content (AvgIpc) is 2.55. The number of rotatable bonds is 3. The molecule has 0 bridgehead atoms. The Hall–Kier alpha value is -1.89. The zero-order chi connectivity index (χ0) is 14.7. The summed E-state index contributed by atoms with van der Waals surface area (Å²) in [4.78, 5) is 12.1. The number of benzene rings is 2. The van der Waals surface area contributed by atoms with Crippen molar-refractivity contribution in [1.82, 2.24) is 0 Å². The summed E-state index contributed by atoms with van der Waals surface area (Å²) < 4.78 is 0. The van der Waals surface area contributed by atoms with Crippen LogP contribution < -0.4 is 0 Å². The molecule has 0 radical (unpaired) electrons. The van der Waals surface area contributed by atoms with Gasteiger partial charge in [-0.15, -0.1) is 0 Å². The van der Waals surface area contributed by atoms with Gasteiger partial charge in [-0.1, -0.05) is 67.8 Å². The van der Waals surface area contributed by atoms with Gasteiger partial charge >= 0.3 is 0 Å². The Morgan fingerprint density at radius 3 is 2.29 bits per heavy atom. The van der Waals surface area contributed by atoms with Gasteiger partial charge in [-0.3, -0.25) is 4.79 Å². The summed E-state index contributed by atoms with van der Waals surface area (Å²) in [6, 6.07) is 16.7. The van der Waals surface area contributed by atoms with Gasteiger partial charge in [0.1, 0.15) is 0 Å². The molecule has 3 rings (SSSR count). The molecule has 2 aromatic carbocycles. The third kappa shape index (κ3) is 2.92. The van der Waals surface area contributed by atoms with Gasteiger partial charge in [0.15, 0.2) is 5.78 Å². The van der Waals surface area contributed by atoms with E-state index in [0.717, 1.165) is 5.56 Å². The van der Waals surface area contributed by atoms with Gasteiger partial charge in [-0.25, -0.2) is 0 Å². The van der Waals surface area contributed by atoms with E-state index in [9.17, 15) is 4.79 Å². The molecule has 0 saturated heterocycles. The van der Waals surface area contributed by atoms with Crippen molar-refractivity contribution in [3.63, 3.8) is 0 Å². The first-order valence-electron chi connectivity index (χ1n) is 7.96. The highest BCUT2D eigenvalue weighted by molar-refractivity contribution is 5.97. The number of ketones is 1. The van der Waals surface area contributed by atoms with E-state index in [1.54, 1.807) is 6.92 Å². The fourth-order valence-corrected chi connectivity index (χ4v) is 3.57. The summed E-state index contributed by atoms with van der Waals surface area (Å²) in [5.74, 6) is 0.724. The quantitative estimate of drug-likeness (QED) is 0.667. The Bertz CT molecular complexity index is 622. The molecule has 0 aromatic heterocycles. The van der Waals surface area contributed by atoms with Gasteiger partial charge in [0.05, 0.1) is 0 Å². The van der Waals surface area contributed by atoms with Crippen molar-refractivity contribution >= 4 is 5.78 Å². The fraction of sp³-hybridized carbons (Fsp3) is 0.350. The third-order valence-electron chi connectivity index (χ3n) is 4.58. The van der Waals surface area contributed by atoms with Crippen molar-refractivity contribution in [2.45, 2.75) is 44.9 Å². The van der Waals surface area contributed by atoms with Crippen LogP contribution in [-0.4, -0.2) is 5.78 Å². The van der Waals surface area contributed by atoms with Crippen LogP contribution in [0.25, 0.3) is 11.1 Å². The summed E-state index contributed by atoms with van der Waals surface area (Å²) in [6.07, 6.45) is 6.32. The second-order valence-corrected chi connectivity index (χ2v) is 6.02. The first-order valence-corrected chi connectivity index (χ1v) is 7.96. The number of hydrogen-bond acceptors (Lipinski definition) is 1. The number of carbonyl (C=O) groups excluding carboxylic acids is 1. The smallest absolute Gasteiger partial charge is 0.160 e. The molecule has 1 saturated carbocycles. The Labute approximate surface area is 127 Å². The number of carbonyl (C=O) groups is 1. The van der Waals surface area contributed by atoms with Crippen molar-refractivity contribution < 1.29 is 4.79 Å². The number of Topliss-reactive ketones (excluding diaryl/α,β-unsaturated/α-hetero) is 1. The molecule has 1 aliphatic carbocycles. The standard InChI is InChI=1S/C20H22O/c1-15(21)18-13-8-14-19(16-9-4-2-5-10-16)20(18)17-11-6-3-7-12-17/h2,4-5,8-10,13-14,17H,3,6-7,11-12H2,1H3. The molecule has 2 aromatic rings. The van der Waals surface area contributed by atoms with Gasteiger partial charge < -0.3 is 0 Å². The van der Waals surface area contributed by atoms with Crippen LogP contribution in [-0.2, 0) is 0 Å². The van der Waals surface area contributed by atoms with Crippen LogP contribution in [0.3, 0.4) is 0 Å². The molecule has 1 nitrogen and oxygen atoms in total. The van der Waals surface area contributed by atoms with E-state index in [1.165, 1.54) is 48.8 Å². The Kier molecular flexibility index (Phi) is 4.19. The average molecular weight is 278 g/mol. The summed E-state index contributed by atoms with van der Waals surface area (Å²) in [5, 5.41) is 0. The van der Waals surface area contributed by atoms with E-state index in [0.29, 0.717) is 5.92 Å². The molecule has 1 aliphatic rings. The second kappa shape index (κ2) is 6.26. The van der Waals surface area contributed by atoms with Gasteiger partial charge in [0.2, 0.25) is 0 Å². The summed E-state index contributed by atoms with van der Waals surface area (Å²) in [7, 11) is 0. The molecule has 108 valence electrons. The minimum atomic E-state index is 0.188. The molecule has 0 N–H and O–H groups in total. The van der Waals surface area contributed by atoms with E-state index in [2.05, 4.69) is 30.3 Å².